The molecule has 1 atom stereocenters. The lowest BCUT2D eigenvalue weighted by Gasteiger charge is -2.32. The SMILES string of the molecule is C=CC(=O)N1CCCC(n2cc3ccc(-c4ccccc4C#N)cc3n2)C1. The van der Waals surface area contributed by atoms with Crippen LogP contribution in [-0.2, 0) is 4.79 Å². The number of piperidine rings is 1. The number of rotatable bonds is 3. The summed E-state index contributed by atoms with van der Waals surface area (Å²) in [5.74, 6) is -0.0215. The second-order valence-corrected chi connectivity index (χ2v) is 6.82. The summed E-state index contributed by atoms with van der Waals surface area (Å²) in [6.07, 6.45) is 5.38. The standard InChI is InChI=1S/C22H20N4O/c1-2-22(27)25-11-5-7-19(15-25)26-14-18-10-9-16(12-21(18)24-26)20-8-4-3-6-17(20)13-23/h2-4,6,8-10,12,14,19H,1,5,7,11,15H2. The number of carbonyl (C=O) groups excluding carboxylic acids is 1. The Morgan fingerprint density at radius 2 is 2.15 bits per heavy atom. The fourth-order valence-electron chi connectivity index (χ4n) is 3.72. The largest absolute Gasteiger partial charge is 0.337 e. The van der Waals surface area contributed by atoms with Crippen LogP contribution in [0.5, 0.6) is 0 Å². The zero-order valence-electron chi connectivity index (χ0n) is 15.0. The topological polar surface area (TPSA) is 61.9 Å². The van der Waals surface area contributed by atoms with Gasteiger partial charge in [0.1, 0.15) is 0 Å². The molecular weight excluding hydrogens is 336 g/mol. The smallest absolute Gasteiger partial charge is 0.246 e. The monoisotopic (exact) mass is 356 g/mol. The summed E-state index contributed by atoms with van der Waals surface area (Å²) < 4.78 is 1.98. The number of likely N-dealkylation sites (tertiary alicyclic amines) is 1. The molecule has 0 spiro atoms. The highest BCUT2D eigenvalue weighted by molar-refractivity contribution is 5.87. The first-order chi connectivity index (χ1) is 13.2. The maximum Gasteiger partial charge on any atom is 0.246 e. The fourth-order valence-corrected chi connectivity index (χ4v) is 3.72. The number of aromatic nitrogens is 2. The number of nitrogens with zero attached hydrogens (tertiary/aromatic N) is 4. The van der Waals surface area contributed by atoms with E-state index in [1.165, 1.54) is 6.08 Å². The first kappa shape index (κ1) is 17.0. The van der Waals surface area contributed by atoms with Crippen molar-refractivity contribution in [3.05, 3.63) is 66.9 Å². The number of fused-ring (bicyclic) bond motifs is 1. The molecule has 0 saturated carbocycles. The van der Waals surface area contributed by atoms with E-state index in [1.807, 2.05) is 58.2 Å². The Morgan fingerprint density at radius 3 is 2.96 bits per heavy atom. The van der Waals surface area contributed by atoms with Gasteiger partial charge in [0.15, 0.2) is 0 Å². The number of hydrogen-bond acceptors (Lipinski definition) is 3. The van der Waals surface area contributed by atoms with Gasteiger partial charge in [0.25, 0.3) is 0 Å². The highest BCUT2D eigenvalue weighted by Gasteiger charge is 2.24. The van der Waals surface area contributed by atoms with Gasteiger partial charge in [0.05, 0.1) is 23.2 Å². The van der Waals surface area contributed by atoms with Crippen LogP contribution in [0.1, 0.15) is 24.4 Å². The third-order valence-corrected chi connectivity index (χ3v) is 5.14. The summed E-state index contributed by atoms with van der Waals surface area (Å²) in [6.45, 7) is 5.02. The molecule has 4 rings (SSSR count). The Morgan fingerprint density at radius 1 is 1.30 bits per heavy atom. The molecule has 3 aromatic rings. The van der Waals surface area contributed by atoms with Crippen LogP contribution in [0.2, 0.25) is 0 Å². The van der Waals surface area contributed by atoms with E-state index in [1.54, 1.807) is 0 Å². The van der Waals surface area contributed by atoms with Crippen molar-refractivity contribution in [2.45, 2.75) is 18.9 Å². The van der Waals surface area contributed by atoms with E-state index in [0.29, 0.717) is 12.1 Å². The number of hydrogen-bond donors (Lipinski definition) is 0. The number of carbonyl (C=O) groups is 1. The molecule has 2 aromatic carbocycles. The van der Waals surface area contributed by atoms with Crippen molar-refractivity contribution in [1.82, 2.24) is 14.7 Å². The van der Waals surface area contributed by atoms with Gasteiger partial charge in [-0.2, -0.15) is 10.4 Å². The van der Waals surface area contributed by atoms with Crippen LogP contribution in [0, 0.1) is 11.3 Å². The molecule has 0 bridgehead atoms. The predicted molar refractivity (Wildman–Crippen MR) is 105 cm³/mol. The van der Waals surface area contributed by atoms with Crippen LogP contribution < -0.4 is 0 Å². The molecular formula is C22H20N4O. The minimum absolute atomic E-state index is 0.0215. The van der Waals surface area contributed by atoms with Crippen molar-refractivity contribution in [2.75, 3.05) is 13.1 Å². The minimum atomic E-state index is -0.0215. The molecule has 134 valence electrons. The summed E-state index contributed by atoms with van der Waals surface area (Å²) in [7, 11) is 0. The van der Waals surface area contributed by atoms with Gasteiger partial charge in [0, 0.05) is 24.7 Å². The lowest BCUT2D eigenvalue weighted by atomic mass is 10.00. The Kier molecular flexibility index (Phi) is 4.47. The lowest BCUT2D eigenvalue weighted by molar-refractivity contribution is -0.127. The van der Waals surface area contributed by atoms with Crippen molar-refractivity contribution in [1.29, 1.82) is 5.26 Å². The molecule has 0 N–H and O–H groups in total. The minimum Gasteiger partial charge on any atom is -0.337 e. The van der Waals surface area contributed by atoms with Gasteiger partial charge in [0.2, 0.25) is 5.91 Å². The van der Waals surface area contributed by atoms with E-state index in [4.69, 9.17) is 5.10 Å². The van der Waals surface area contributed by atoms with Gasteiger partial charge >= 0.3 is 0 Å². The molecule has 0 radical (unpaired) electrons. The zero-order chi connectivity index (χ0) is 18.8. The Bertz CT molecular complexity index is 1060. The zero-order valence-corrected chi connectivity index (χ0v) is 15.0. The van der Waals surface area contributed by atoms with Crippen molar-refractivity contribution in [3.8, 4) is 17.2 Å². The third-order valence-electron chi connectivity index (χ3n) is 5.14. The number of nitriles is 1. The second-order valence-electron chi connectivity index (χ2n) is 6.82. The average Bonchev–Trinajstić information content (AvgIpc) is 3.16. The van der Waals surface area contributed by atoms with Gasteiger partial charge in [-0.3, -0.25) is 9.48 Å². The molecule has 5 nitrogen and oxygen atoms in total. The van der Waals surface area contributed by atoms with Crippen LogP contribution in [0.15, 0.2) is 61.3 Å². The van der Waals surface area contributed by atoms with E-state index in [-0.39, 0.29) is 11.9 Å². The van der Waals surface area contributed by atoms with E-state index in [2.05, 4.69) is 12.6 Å². The Balaban J connectivity index is 1.66. The van der Waals surface area contributed by atoms with E-state index in [0.717, 1.165) is 41.4 Å². The summed E-state index contributed by atoms with van der Waals surface area (Å²) in [5.41, 5.74) is 3.45. The summed E-state index contributed by atoms with van der Waals surface area (Å²) in [6, 6.07) is 16.1. The van der Waals surface area contributed by atoms with Crippen molar-refractivity contribution in [3.63, 3.8) is 0 Å². The number of amides is 1. The van der Waals surface area contributed by atoms with Crippen molar-refractivity contribution in [2.24, 2.45) is 0 Å². The maximum absolute atomic E-state index is 11.9. The molecule has 1 fully saturated rings. The molecule has 5 heteroatoms. The van der Waals surface area contributed by atoms with Crippen molar-refractivity contribution < 1.29 is 4.79 Å². The third kappa shape index (κ3) is 3.22. The van der Waals surface area contributed by atoms with Crippen LogP contribution in [0.3, 0.4) is 0 Å². The predicted octanol–water partition coefficient (Wildman–Crippen LogP) is 3.92. The first-order valence-corrected chi connectivity index (χ1v) is 9.09. The average molecular weight is 356 g/mol. The molecule has 1 aliphatic heterocycles. The molecule has 27 heavy (non-hydrogen) atoms. The number of benzene rings is 2. The summed E-state index contributed by atoms with van der Waals surface area (Å²) in [5, 5.41) is 15.2. The van der Waals surface area contributed by atoms with Crippen LogP contribution >= 0.6 is 0 Å². The second kappa shape index (κ2) is 7.08. The fraction of sp³-hybridized carbons (Fsp3) is 0.227. The molecule has 1 aromatic heterocycles. The molecule has 1 amide bonds. The Hall–Kier alpha value is -3.39. The van der Waals surface area contributed by atoms with E-state index >= 15 is 0 Å². The van der Waals surface area contributed by atoms with Crippen LogP contribution in [0.25, 0.3) is 22.0 Å². The van der Waals surface area contributed by atoms with Gasteiger partial charge in [-0.25, -0.2) is 0 Å². The van der Waals surface area contributed by atoms with Gasteiger partial charge in [-0.15, -0.1) is 0 Å². The molecule has 1 saturated heterocycles. The summed E-state index contributed by atoms with van der Waals surface area (Å²) in [4.78, 5) is 13.8. The van der Waals surface area contributed by atoms with Gasteiger partial charge in [-0.1, -0.05) is 36.9 Å². The van der Waals surface area contributed by atoms with Crippen LogP contribution in [0.4, 0.5) is 0 Å². The van der Waals surface area contributed by atoms with Crippen LogP contribution in [-0.4, -0.2) is 33.7 Å². The van der Waals surface area contributed by atoms with E-state index < -0.39 is 0 Å². The van der Waals surface area contributed by atoms with Gasteiger partial charge < -0.3 is 4.90 Å². The van der Waals surface area contributed by atoms with E-state index in [9.17, 15) is 10.1 Å². The molecule has 2 heterocycles. The highest BCUT2D eigenvalue weighted by Crippen LogP contribution is 2.28. The first-order valence-electron chi connectivity index (χ1n) is 9.09. The maximum atomic E-state index is 11.9. The van der Waals surface area contributed by atoms with Crippen molar-refractivity contribution >= 4 is 16.8 Å². The van der Waals surface area contributed by atoms with Gasteiger partial charge in [-0.05, 0) is 42.2 Å². The highest BCUT2D eigenvalue weighted by atomic mass is 16.2. The lowest BCUT2D eigenvalue weighted by Crippen LogP contribution is -2.39. The molecule has 1 unspecified atom stereocenters. The summed E-state index contributed by atoms with van der Waals surface area (Å²) >= 11 is 0. The molecule has 0 aliphatic carbocycles. The Labute approximate surface area is 158 Å². The molecule has 1 aliphatic rings. The normalized spacial score (nSPS) is 16.9. The quantitative estimate of drug-likeness (QED) is 0.668.